The lowest BCUT2D eigenvalue weighted by atomic mass is 10.2. The van der Waals surface area contributed by atoms with E-state index in [0.717, 1.165) is 5.52 Å². The van der Waals surface area contributed by atoms with Crippen LogP contribution >= 0.6 is 11.6 Å². The first-order chi connectivity index (χ1) is 11.7. The highest BCUT2D eigenvalue weighted by Crippen LogP contribution is 2.22. The molecule has 24 heavy (non-hydrogen) atoms. The minimum Gasteiger partial charge on any atom is -0.467 e. The number of carbonyl (C=O) groups is 1. The van der Waals surface area contributed by atoms with Gasteiger partial charge < -0.3 is 10.1 Å². The number of benzene rings is 2. The Morgan fingerprint density at radius 3 is 2.92 bits per heavy atom. The van der Waals surface area contributed by atoms with Crippen LogP contribution < -0.4 is 10.1 Å². The van der Waals surface area contributed by atoms with Gasteiger partial charge in [-0.3, -0.25) is 4.79 Å². The number of hydrogen-bond acceptors (Lipinski definition) is 5. The van der Waals surface area contributed by atoms with Gasteiger partial charge in [-0.25, -0.2) is 9.97 Å². The summed E-state index contributed by atoms with van der Waals surface area (Å²) in [6.07, 6.45) is 1.38. The van der Waals surface area contributed by atoms with E-state index >= 15 is 0 Å². The van der Waals surface area contributed by atoms with Gasteiger partial charge in [0.2, 0.25) is 5.88 Å². The van der Waals surface area contributed by atoms with Gasteiger partial charge in [0.15, 0.2) is 6.61 Å². The van der Waals surface area contributed by atoms with Gasteiger partial charge in [0.05, 0.1) is 22.2 Å². The number of rotatable bonds is 4. The van der Waals surface area contributed by atoms with E-state index in [1.807, 2.05) is 30.3 Å². The van der Waals surface area contributed by atoms with Crippen molar-refractivity contribution in [3.05, 3.63) is 59.4 Å². The summed E-state index contributed by atoms with van der Waals surface area (Å²) in [6.45, 7) is -0.252. The standard InChI is InChI=1S/C17H11ClN4O2/c18-12-6-5-11(8-19)15(7-12)22-16(23)9-24-17-13-3-1-2-4-14(13)20-10-21-17/h1-7,10H,9H2,(H,22,23). The molecule has 2 aromatic carbocycles. The second kappa shape index (κ2) is 6.94. The first-order valence-electron chi connectivity index (χ1n) is 6.99. The summed E-state index contributed by atoms with van der Waals surface area (Å²) >= 11 is 5.89. The van der Waals surface area contributed by atoms with E-state index in [0.29, 0.717) is 27.5 Å². The minimum atomic E-state index is -0.420. The SMILES string of the molecule is N#Cc1ccc(Cl)cc1NC(=O)COc1ncnc2ccccc12. The van der Waals surface area contributed by atoms with Crippen molar-refractivity contribution in [2.45, 2.75) is 0 Å². The number of anilines is 1. The molecule has 0 spiro atoms. The number of hydrogen-bond donors (Lipinski definition) is 1. The molecule has 3 aromatic rings. The highest BCUT2D eigenvalue weighted by atomic mass is 35.5. The molecule has 6 nitrogen and oxygen atoms in total. The van der Waals surface area contributed by atoms with Crippen molar-refractivity contribution in [3.8, 4) is 11.9 Å². The molecule has 0 radical (unpaired) electrons. The second-order valence-electron chi connectivity index (χ2n) is 4.83. The number of carbonyl (C=O) groups excluding carboxylic acids is 1. The van der Waals surface area contributed by atoms with Crippen LogP contribution in [0.25, 0.3) is 10.9 Å². The van der Waals surface area contributed by atoms with Crippen molar-refractivity contribution in [2.24, 2.45) is 0 Å². The molecule has 0 aliphatic rings. The smallest absolute Gasteiger partial charge is 0.262 e. The van der Waals surface area contributed by atoms with Gasteiger partial charge >= 0.3 is 0 Å². The third-order valence-electron chi connectivity index (χ3n) is 3.22. The highest BCUT2D eigenvalue weighted by molar-refractivity contribution is 6.31. The first-order valence-corrected chi connectivity index (χ1v) is 7.37. The van der Waals surface area contributed by atoms with E-state index in [9.17, 15) is 4.79 Å². The number of ether oxygens (including phenoxy) is 1. The third kappa shape index (κ3) is 3.42. The lowest BCUT2D eigenvalue weighted by Gasteiger charge is -2.09. The van der Waals surface area contributed by atoms with Gasteiger partial charge in [-0.2, -0.15) is 5.26 Å². The van der Waals surface area contributed by atoms with E-state index in [1.54, 1.807) is 6.07 Å². The van der Waals surface area contributed by atoms with Crippen LogP contribution in [0.5, 0.6) is 5.88 Å². The fraction of sp³-hybridized carbons (Fsp3) is 0.0588. The Labute approximate surface area is 142 Å². The third-order valence-corrected chi connectivity index (χ3v) is 3.46. The largest absolute Gasteiger partial charge is 0.467 e. The van der Waals surface area contributed by atoms with E-state index in [1.165, 1.54) is 18.5 Å². The number of nitrogens with zero attached hydrogens (tertiary/aromatic N) is 3. The molecule has 0 saturated carbocycles. The van der Waals surface area contributed by atoms with Gasteiger partial charge in [-0.05, 0) is 30.3 Å². The average Bonchev–Trinajstić information content (AvgIpc) is 2.60. The number of nitrogens with one attached hydrogen (secondary N) is 1. The zero-order chi connectivity index (χ0) is 16.9. The maximum atomic E-state index is 12.1. The van der Waals surface area contributed by atoms with Crippen LogP contribution in [0.1, 0.15) is 5.56 Å². The molecule has 0 fully saturated rings. The molecular weight excluding hydrogens is 328 g/mol. The summed E-state index contributed by atoms with van der Waals surface area (Å²) < 4.78 is 5.48. The van der Waals surface area contributed by atoms with Crippen LogP contribution in [0.15, 0.2) is 48.8 Å². The minimum absolute atomic E-state index is 0.252. The predicted octanol–water partition coefficient (Wildman–Crippen LogP) is 3.17. The molecule has 0 atom stereocenters. The van der Waals surface area contributed by atoms with Crippen LogP contribution in [-0.2, 0) is 4.79 Å². The lowest BCUT2D eigenvalue weighted by Crippen LogP contribution is -2.21. The molecule has 0 bridgehead atoms. The average molecular weight is 339 g/mol. The number of amides is 1. The predicted molar refractivity (Wildman–Crippen MR) is 89.8 cm³/mol. The van der Waals surface area contributed by atoms with Gasteiger partial charge in [0, 0.05) is 5.02 Å². The summed E-state index contributed by atoms with van der Waals surface area (Å²) in [4.78, 5) is 20.2. The summed E-state index contributed by atoms with van der Waals surface area (Å²) in [5.41, 5.74) is 1.39. The van der Waals surface area contributed by atoms with Crippen molar-refractivity contribution in [3.63, 3.8) is 0 Å². The maximum absolute atomic E-state index is 12.1. The van der Waals surface area contributed by atoms with Crippen molar-refractivity contribution >= 4 is 34.1 Å². The Balaban J connectivity index is 1.72. The van der Waals surface area contributed by atoms with Gasteiger partial charge in [-0.1, -0.05) is 23.7 Å². The quantitative estimate of drug-likeness (QED) is 0.789. The summed E-state index contributed by atoms with van der Waals surface area (Å²) in [7, 11) is 0. The molecule has 0 aliphatic carbocycles. The Bertz CT molecular complexity index is 947. The summed E-state index contributed by atoms with van der Waals surface area (Å²) in [5, 5.41) is 12.8. The summed E-state index contributed by atoms with van der Waals surface area (Å²) in [5.74, 6) is -0.0983. The van der Waals surface area contributed by atoms with E-state index in [2.05, 4.69) is 15.3 Å². The maximum Gasteiger partial charge on any atom is 0.262 e. The Kier molecular flexibility index (Phi) is 4.54. The molecule has 118 valence electrons. The number of fused-ring (bicyclic) bond motifs is 1. The molecule has 0 unspecified atom stereocenters. The number of para-hydroxylation sites is 1. The van der Waals surface area contributed by atoms with Crippen LogP contribution in [0.4, 0.5) is 5.69 Å². The Hall–Kier alpha value is -3.17. The van der Waals surface area contributed by atoms with Crippen molar-refractivity contribution in [2.75, 3.05) is 11.9 Å². The number of aromatic nitrogens is 2. The monoisotopic (exact) mass is 338 g/mol. The van der Waals surface area contributed by atoms with Gasteiger partial charge in [-0.15, -0.1) is 0 Å². The Morgan fingerprint density at radius 1 is 1.25 bits per heavy atom. The molecule has 7 heteroatoms. The highest BCUT2D eigenvalue weighted by Gasteiger charge is 2.10. The molecular formula is C17H11ClN4O2. The first kappa shape index (κ1) is 15.7. The molecule has 0 saturated heterocycles. The molecule has 3 rings (SSSR count). The zero-order valence-corrected chi connectivity index (χ0v) is 13.1. The topological polar surface area (TPSA) is 87.9 Å². The number of nitriles is 1. The number of halogens is 1. The van der Waals surface area contributed by atoms with Crippen molar-refractivity contribution in [1.82, 2.24) is 9.97 Å². The lowest BCUT2D eigenvalue weighted by molar-refractivity contribution is -0.118. The van der Waals surface area contributed by atoms with Crippen LogP contribution in [0.2, 0.25) is 5.02 Å². The van der Waals surface area contributed by atoms with E-state index in [4.69, 9.17) is 21.6 Å². The van der Waals surface area contributed by atoms with Crippen LogP contribution in [0.3, 0.4) is 0 Å². The van der Waals surface area contributed by atoms with Crippen LogP contribution in [0, 0.1) is 11.3 Å². The van der Waals surface area contributed by atoms with Crippen LogP contribution in [-0.4, -0.2) is 22.5 Å². The molecule has 1 N–H and O–H groups in total. The Morgan fingerprint density at radius 2 is 2.08 bits per heavy atom. The van der Waals surface area contributed by atoms with E-state index < -0.39 is 5.91 Å². The van der Waals surface area contributed by atoms with Gasteiger partial charge in [0.1, 0.15) is 12.4 Å². The molecule has 0 aliphatic heterocycles. The van der Waals surface area contributed by atoms with Crippen molar-refractivity contribution in [1.29, 1.82) is 5.26 Å². The molecule has 1 aromatic heterocycles. The molecule has 1 amide bonds. The fourth-order valence-corrected chi connectivity index (χ4v) is 2.30. The zero-order valence-electron chi connectivity index (χ0n) is 12.4. The van der Waals surface area contributed by atoms with Gasteiger partial charge in [0.25, 0.3) is 5.91 Å². The summed E-state index contributed by atoms with van der Waals surface area (Å²) in [6, 6.07) is 14.0. The fourth-order valence-electron chi connectivity index (χ4n) is 2.13. The second-order valence-corrected chi connectivity index (χ2v) is 5.27. The van der Waals surface area contributed by atoms with E-state index in [-0.39, 0.29) is 6.61 Å². The molecule has 1 heterocycles. The normalized spacial score (nSPS) is 10.2. The van der Waals surface area contributed by atoms with Crippen molar-refractivity contribution < 1.29 is 9.53 Å².